The molecule has 0 spiro atoms. The van der Waals surface area contributed by atoms with Crippen molar-refractivity contribution < 1.29 is 14.3 Å². The minimum absolute atomic E-state index is 0.0723. The minimum atomic E-state index is -1.17. The summed E-state index contributed by atoms with van der Waals surface area (Å²) in [4.78, 5) is 11.2. The zero-order valence-corrected chi connectivity index (χ0v) is 11.3. The molecule has 20 heavy (non-hydrogen) atoms. The first-order chi connectivity index (χ1) is 9.36. The van der Waals surface area contributed by atoms with Gasteiger partial charge in [0.1, 0.15) is 5.82 Å². The molecule has 2 aromatic rings. The van der Waals surface area contributed by atoms with Crippen LogP contribution in [0, 0.1) is 12.7 Å². The number of benzene rings is 2. The Morgan fingerprint density at radius 2 is 2.00 bits per heavy atom. The summed E-state index contributed by atoms with van der Waals surface area (Å²) in [6.45, 7) is 1.73. The molecule has 2 aromatic carbocycles. The summed E-state index contributed by atoms with van der Waals surface area (Å²) in [6, 6.07) is 7.03. The van der Waals surface area contributed by atoms with E-state index in [1.807, 2.05) is 0 Å². The Balaban J connectivity index is 2.50. The molecule has 2 rings (SSSR count). The third-order valence-electron chi connectivity index (χ3n) is 2.65. The van der Waals surface area contributed by atoms with Gasteiger partial charge in [0.25, 0.3) is 0 Å². The number of nitrogens with one attached hydrogen (secondary N) is 1. The van der Waals surface area contributed by atoms with Crippen molar-refractivity contribution in [2.24, 2.45) is 0 Å². The molecular formula is C14H12ClFN2O2. The van der Waals surface area contributed by atoms with E-state index < -0.39 is 11.8 Å². The van der Waals surface area contributed by atoms with Crippen molar-refractivity contribution >= 4 is 34.6 Å². The molecule has 0 radical (unpaired) electrons. The quantitative estimate of drug-likeness (QED) is 0.752. The lowest BCUT2D eigenvalue weighted by Crippen LogP contribution is -2.05. The van der Waals surface area contributed by atoms with Gasteiger partial charge in [-0.05, 0) is 42.8 Å². The fourth-order valence-electron chi connectivity index (χ4n) is 1.88. The molecule has 0 bridgehead atoms. The average molecular weight is 295 g/mol. The molecule has 0 saturated carbocycles. The average Bonchev–Trinajstić information content (AvgIpc) is 2.30. The van der Waals surface area contributed by atoms with Crippen LogP contribution in [0.1, 0.15) is 15.9 Å². The second-order valence-electron chi connectivity index (χ2n) is 4.37. The van der Waals surface area contributed by atoms with E-state index in [9.17, 15) is 14.3 Å². The fourth-order valence-corrected chi connectivity index (χ4v) is 2.15. The fraction of sp³-hybridized carbons (Fsp3) is 0.0714. The van der Waals surface area contributed by atoms with Crippen LogP contribution < -0.4 is 11.1 Å². The minimum Gasteiger partial charge on any atom is -0.478 e. The van der Waals surface area contributed by atoms with Gasteiger partial charge in [0.05, 0.1) is 16.3 Å². The third kappa shape index (κ3) is 3.00. The number of carboxylic acids is 1. The van der Waals surface area contributed by atoms with Gasteiger partial charge in [-0.2, -0.15) is 0 Å². The number of anilines is 3. The second-order valence-corrected chi connectivity index (χ2v) is 4.78. The zero-order valence-electron chi connectivity index (χ0n) is 10.6. The highest BCUT2D eigenvalue weighted by Gasteiger charge is 2.15. The Morgan fingerprint density at radius 3 is 2.60 bits per heavy atom. The van der Waals surface area contributed by atoms with Gasteiger partial charge in [-0.15, -0.1) is 0 Å². The van der Waals surface area contributed by atoms with Crippen molar-refractivity contribution in [1.29, 1.82) is 0 Å². The van der Waals surface area contributed by atoms with Crippen LogP contribution in [0.3, 0.4) is 0 Å². The molecular weight excluding hydrogens is 283 g/mol. The van der Waals surface area contributed by atoms with E-state index in [0.717, 1.165) is 0 Å². The number of halogens is 2. The molecule has 0 aliphatic heterocycles. The molecule has 0 aliphatic carbocycles. The number of nitrogen functional groups attached to an aromatic ring is 1. The third-order valence-corrected chi connectivity index (χ3v) is 2.95. The normalized spacial score (nSPS) is 10.3. The van der Waals surface area contributed by atoms with Crippen LogP contribution in [0.25, 0.3) is 0 Å². The molecule has 0 aliphatic rings. The van der Waals surface area contributed by atoms with Crippen LogP contribution in [-0.2, 0) is 0 Å². The van der Waals surface area contributed by atoms with Crippen molar-refractivity contribution in [2.75, 3.05) is 11.1 Å². The van der Waals surface area contributed by atoms with E-state index in [4.69, 9.17) is 17.3 Å². The van der Waals surface area contributed by atoms with E-state index in [1.54, 1.807) is 13.0 Å². The highest BCUT2D eigenvalue weighted by molar-refractivity contribution is 6.34. The van der Waals surface area contributed by atoms with E-state index in [2.05, 4.69) is 5.32 Å². The molecule has 0 amide bonds. The van der Waals surface area contributed by atoms with Crippen LogP contribution >= 0.6 is 11.6 Å². The summed E-state index contributed by atoms with van der Waals surface area (Å²) in [5, 5.41) is 12.2. The number of hydrogen-bond donors (Lipinski definition) is 3. The maximum Gasteiger partial charge on any atom is 0.337 e. The maximum atomic E-state index is 13.3. The van der Waals surface area contributed by atoms with Gasteiger partial charge in [-0.1, -0.05) is 11.6 Å². The Morgan fingerprint density at radius 1 is 1.30 bits per heavy atom. The van der Waals surface area contributed by atoms with Crippen LogP contribution in [0.15, 0.2) is 30.3 Å². The molecule has 4 nitrogen and oxygen atoms in total. The number of carboxylic acid groups (broad SMARTS) is 1. The van der Waals surface area contributed by atoms with Crippen LogP contribution in [0.4, 0.5) is 21.5 Å². The first-order valence-corrected chi connectivity index (χ1v) is 6.11. The second kappa shape index (κ2) is 5.38. The van der Waals surface area contributed by atoms with Crippen LogP contribution in [0.2, 0.25) is 5.02 Å². The van der Waals surface area contributed by atoms with Crippen molar-refractivity contribution in [3.63, 3.8) is 0 Å². The van der Waals surface area contributed by atoms with Crippen molar-refractivity contribution in [1.82, 2.24) is 0 Å². The summed E-state index contributed by atoms with van der Waals surface area (Å²) >= 11 is 6.01. The molecule has 0 heterocycles. The van der Waals surface area contributed by atoms with Gasteiger partial charge in [-0.3, -0.25) is 0 Å². The number of nitrogens with two attached hydrogens (primary N) is 1. The topological polar surface area (TPSA) is 75.3 Å². The largest absolute Gasteiger partial charge is 0.478 e. The Hall–Kier alpha value is -2.27. The monoisotopic (exact) mass is 294 g/mol. The Kier molecular flexibility index (Phi) is 3.81. The number of hydrogen-bond acceptors (Lipinski definition) is 3. The van der Waals surface area contributed by atoms with Crippen LogP contribution in [0.5, 0.6) is 0 Å². The van der Waals surface area contributed by atoms with Crippen molar-refractivity contribution in [3.05, 3.63) is 52.3 Å². The van der Waals surface area contributed by atoms with Crippen molar-refractivity contribution in [3.8, 4) is 0 Å². The van der Waals surface area contributed by atoms with E-state index in [-0.39, 0.29) is 22.0 Å². The smallest absolute Gasteiger partial charge is 0.337 e. The SMILES string of the molecule is Cc1cc(F)cc(Nc2c(Cl)cc(N)cc2C(=O)O)c1. The van der Waals surface area contributed by atoms with Crippen molar-refractivity contribution in [2.45, 2.75) is 6.92 Å². The summed E-state index contributed by atoms with van der Waals surface area (Å²) in [7, 11) is 0. The molecule has 104 valence electrons. The van der Waals surface area contributed by atoms with Gasteiger partial charge in [-0.25, -0.2) is 9.18 Å². The lowest BCUT2D eigenvalue weighted by molar-refractivity contribution is 0.0698. The lowest BCUT2D eigenvalue weighted by atomic mass is 10.1. The van der Waals surface area contributed by atoms with E-state index in [1.165, 1.54) is 24.3 Å². The van der Waals surface area contributed by atoms with Gasteiger partial charge in [0.2, 0.25) is 0 Å². The highest BCUT2D eigenvalue weighted by Crippen LogP contribution is 2.32. The zero-order chi connectivity index (χ0) is 14.9. The highest BCUT2D eigenvalue weighted by atomic mass is 35.5. The molecule has 4 N–H and O–H groups in total. The predicted molar refractivity (Wildman–Crippen MR) is 77.2 cm³/mol. The summed E-state index contributed by atoms with van der Waals surface area (Å²) < 4.78 is 13.3. The molecule has 0 unspecified atom stereocenters. The predicted octanol–water partition coefficient (Wildman–Crippen LogP) is 3.81. The standard InChI is InChI=1S/C14H12ClFN2O2/c1-7-2-8(16)4-10(3-7)18-13-11(14(19)20)5-9(17)6-12(13)15/h2-6,18H,17H2,1H3,(H,19,20). The Bertz CT molecular complexity index is 669. The molecule has 0 saturated heterocycles. The summed E-state index contributed by atoms with van der Waals surface area (Å²) in [6.07, 6.45) is 0. The van der Waals surface area contributed by atoms with Gasteiger partial charge < -0.3 is 16.2 Å². The maximum absolute atomic E-state index is 13.3. The van der Waals surface area contributed by atoms with E-state index >= 15 is 0 Å². The molecule has 6 heteroatoms. The van der Waals surface area contributed by atoms with Gasteiger partial charge >= 0.3 is 5.97 Å². The molecule has 0 atom stereocenters. The number of rotatable bonds is 3. The lowest BCUT2D eigenvalue weighted by Gasteiger charge is -2.13. The summed E-state index contributed by atoms with van der Waals surface area (Å²) in [5.41, 5.74) is 7.04. The summed E-state index contributed by atoms with van der Waals surface area (Å²) in [5.74, 6) is -1.59. The first kappa shape index (κ1) is 14.1. The van der Waals surface area contributed by atoms with E-state index in [0.29, 0.717) is 11.3 Å². The number of aryl methyl sites for hydroxylation is 1. The molecule has 0 aromatic heterocycles. The first-order valence-electron chi connectivity index (χ1n) is 5.73. The molecule has 0 fully saturated rings. The van der Waals surface area contributed by atoms with Crippen LogP contribution in [-0.4, -0.2) is 11.1 Å². The Labute approximate surface area is 120 Å². The number of aromatic carboxylic acids is 1. The van der Waals surface area contributed by atoms with Gasteiger partial charge in [0, 0.05) is 11.4 Å². The number of carbonyl (C=O) groups is 1. The van der Waals surface area contributed by atoms with Gasteiger partial charge in [0.15, 0.2) is 0 Å².